The van der Waals surface area contributed by atoms with Gasteiger partial charge in [0.15, 0.2) is 0 Å². The number of rotatable bonds is 4. The van der Waals surface area contributed by atoms with Gasteiger partial charge >= 0.3 is 0 Å². The molecule has 1 fully saturated rings. The highest BCUT2D eigenvalue weighted by atomic mass is 32.1. The van der Waals surface area contributed by atoms with E-state index in [0.29, 0.717) is 5.92 Å². The molecule has 1 aliphatic carbocycles. The Bertz CT molecular complexity index is 260. The lowest BCUT2D eigenvalue weighted by Gasteiger charge is -2.09. The van der Waals surface area contributed by atoms with Crippen molar-refractivity contribution in [3.63, 3.8) is 0 Å². The summed E-state index contributed by atoms with van der Waals surface area (Å²) in [6.07, 6.45) is 3.12. The van der Waals surface area contributed by atoms with E-state index in [1.807, 2.05) is 0 Å². The molecule has 0 aromatic carbocycles. The van der Waals surface area contributed by atoms with E-state index in [1.54, 1.807) is 11.3 Å². The Morgan fingerprint density at radius 2 is 2.43 bits per heavy atom. The SMILES string of the molecule is OC1CCC(CNCc2cccs2)C1. The van der Waals surface area contributed by atoms with Crippen LogP contribution >= 0.6 is 11.3 Å². The highest BCUT2D eigenvalue weighted by Crippen LogP contribution is 2.24. The minimum atomic E-state index is -0.0384. The van der Waals surface area contributed by atoms with Crippen LogP contribution in [-0.2, 0) is 6.54 Å². The molecule has 0 bridgehead atoms. The second kappa shape index (κ2) is 4.91. The second-order valence-corrected chi connectivity index (χ2v) is 5.08. The summed E-state index contributed by atoms with van der Waals surface area (Å²) in [7, 11) is 0. The van der Waals surface area contributed by atoms with Crippen LogP contribution in [0.15, 0.2) is 17.5 Å². The molecule has 0 radical (unpaired) electrons. The fourth-order valence-electron chi connectivity index (χ4n) is 2.05. The number of hydrogen-bond donors (Lipinski definition) is 2. The van der Waals surface area contributed by atoms with Crippen LogP contribution in [0.25, 0.3) is 0 Å². The molecule has 2 atom stereocenters. The standard InChI is InChI=1S/C11H17NOS/c13-10-4-3-9(6-10)7-12-8-11-2-1-5-14-11/h1-2,5,9-10,12-13H,3-4,6-8H2. The quantitative estimate of drug-likeness (QED) is 0.798. The predicted octanol–water partition coefficient (Wildman–Crippen LogP) is 2.00. The zero-order valence-electron chi connectivity index (χ0n) is 8.28. The minimum Gasteiger partial charge on any atom is -0.393 e. The van der Waals surface area contributed by atoms with E-state index in [-0.39, 0.29) is 6.10 Å². The molecule has 2 nitrogen and oxygen atoms in total. The Kier molecular flexibility index (Phi) is 3.56. The summed E-state index contributed by atoms with van der Waals surface area (Å²) >= 11 is 1.79. The van der Waals surface area contributed by atoms with Crippen molar-refractivity contribution < 1.29 is 5.11 Å². The van der Waals surface area contributed by atoms with Gasteiger partial charge in [-0.25, -0.2) is 0 Å². The maximum absolute atomic E-state index is 9.36. The summed E-state index contributed by atoms with van der Waals surface area (Å²) in [6.45, 7) is 2.03. The lowest BCUT2D eigenvalue weighted by atomic mass is 10.1. The monoisotopic (exact) mass is 211 g/mol. The van der Waals surface area contributed by atoms with Crippen molar-refractivity contribution >= 4 is 11.3 Å². The molecule has 2 N–H and O–H groups in total. The van der Waals surface area contributed by atoms with E-state index in [4.69, 9.17) is 0 Å². The van der Waals surface area contributed by atoms with Gasteiger partial charge in [-0.3, -0.25) is 0 Å². The van der Waals surface area contributed by atoms with E-state index >= 15 is 0 Å². The number of thiophene rings is 1. The van der Waals surface area contributed by atoms with Crippen LogP contribution in [0.4, 0.5) is 0 Å². The first-order valence-corrected chi connectivity index (χ1v) is 6.13. The van der Waals surface area contributed by atoms with Gasteiger partial charge in [0.25, 0.3) is 0 Å². The predicted molar refractivity (Wildman–Crippen MR) is 59.4 cm³/mol. The molecular formula is C11H17NOS. The van der Waals surface area contributed by atoms with Gasteiger partial charge in [0.1, 0.15) is 0 Å². The smallest absolute Gasteiger partial charge is 0.0543 e. The summed E-state index contributed by atoms with van der Waals surface area (Å²) in [4.78, 5) is 1.39. The second-order valence-electron chi connectivity index (χ2n) is 4.04. The van der Waals surface area contributed by atoms with E-state index in [0.717, 1.165) is 25.9 Å². The average molecular weight is 211 g/mol. The molecule has 2 rings (SSSR count). The zero-order chi connectivity index (χ0) is 9.80. The summed E-state index contributed by atoms with van der Waals surface area (Å²) in [6, 6.07) is 4.24. The zero-order valence-corrected chi connectivity index (χ0v) is 9.09. The van der Waals surface area contributed by atoms with E-state index in [1.165, 1.54) is 11.3 Å². The van der Waals surface area contributed by atoms with Gasteiger partial charge in [-0.15, -0.1) is 11.3 Å². The van der Waals surface area contributed by atoms with Gasteiger partial charge in [0.2, 0.25) is 0 Å². The molecule has 0 aliphatic heterocycles. The number of hydrogen-bond acceptors (Lipinski definition) is 3. The maximum atomic E-state index is 9.36. The van der Waals surface area contributed by atoms with Crippen LogP contribution in [0.3, 0.4) is 0 Å². The van der Waals surface area contributed by atoms with Crippen molar-refractivity contribution in [1.29, 1.82) is 0 Å². The Balaban J connectivity index is 1.64. The van der Waals surface area contributed by atoms with Crippen LogP contribution in [-0.4, -0.2) is 17.8 Å². The summed E-state index contributed by atoms with van der Waals surface area (Å²) < 4.78 is 0. The molecule has 0 amide bonds. The first-order valence-electron chi connectivity index (χ1n) is 5.26. The van der Waals surface area contributed by atoms with Crippen molar-refractivity contribution in [3.05, 3.63) is 22.4 Å². The highest BCUT2D eigenvalue weighted by Gasteiger charge is 2.21. The first-order chi connectivity index (χ1) is 6.84. The van der Waals surface area contributed by atoms with Gasteiger partial charge in [-0.2, -0.15) is 0 Å². The van der Waals surface area contributed by atoms with Crippen molar-refractivity contribution in [3.8, 4) is 0 Å². The maximum Gasteiger partial charge on any atom is 0.0543 e. The lowest BCUT2D eigenvalue weighted by molar-refractivity contribution is 0.177. The highest BCUT2D eigenvalue weighted by molar-refractivity contribution is 7.09. The van der Waals surface area contributed by atoms with Crippen molar-refractivity contribution in [2.75, 3.05) is 6.54 Å². The van der Waals surface area contributed by atoms with Crippen molar-refractivity contribution in [2.45, 2.75) is 31.9 Å². The fourth-order valence-corrected chi connectivity index (χ4v) is 2.72. The van der Waals surface area contributed by atoms with Crippen LogP contribution in [0.1, 0.15) is 24.1 Å². The number of nitrogens with one attached hydrogen (secondary N) is 1. The summed E-state index contributed by atoms with van der Waals surface area (Å²) in [5, 5.41) is 14.9. The van der Waals surface area contributed by atoms with E-state index in [9.17, 15) is 5.11 Å². The molecule has 78 valence electrons. The normalized spacial score (nSPS) is 26.9. The van der Waals surface area contributed by atoms with Crippen LogP contribution in [0, 0.1) is 5.92 Å². The fraction of sp³-hybridized carbons (Fsp3) is 0.636. The molecule has 14 heavy (non-hydrogen) atoms. The third-order valence-electron chi connectivity index (χ3n) is 2.83. The Labute approximate surface area is 89.0 Å². The molecule has 2 unspecified atom stereocenters. The molecule has 1 heterocycles. The molecule has 0 saturated heterocycles. The van der Waals surface area contributed by atoms with E-state index in [2.05, 4.69) is 22.8 Å². The summed E-state index contributed by atoms with van der Waals surface area (Å²) in [5.74, 6) is 0.685. The number of aliphatic hydroxyl groups is 1. The van der Waals surface area contributed by atoms with Gasteiger partial charge < -0.3 is 10.4 Å². The van der Waals surface area contributed by atoms with Crippen LogP contribution < -0.4 is 5.32 Å². The molecule has 0 spiro atoms. The molecular weight excluding hydrogens is 194 g/mol. The molecule has 1 aromatic rings. The molecule has 3 heteroatoms. The Morgan fingerprint density at radius 1 is 1.50 bits per heavy atom. The van der Waals surface area contributed by atoms with Crippen LogP contribution in [0.2, 0.25) is 0 Å². The van der Waals surface area contributed by atoms with Gasteiger partial charge in [0.05, 0.1) is 6.10 Å². The molecule has 1 aromatic heterocycles. The minimum absolute atomic E-state index is 0.0384. The van der Waals surface area contributed by atoms with Crippen LogP contribution in [0.5, 0.6) is 0 Å². The third-order valence-corrected chi connectivity index (χ3v) is 3.70. The van der Waals surface area contributed by atoms with Gasteiger partial charge in [0, 0.05) is 11.4 Å². The Morgan fingerprint density at radius 3 is 3.07 bits per heavy atom. The van der Waals surface area contributed by atoms with E-state index < -0.39 is 0 Å². The summed E-state index contributed by atoms with van der Waals surface area (Å²) in [5.41, 5.74) is 0. The van der Waals surface area contributed by atoms with Gasteiger partial charge in [-0.05, 0) is 43.2 Å². The Hall–Kier alpha value is -0.380. The lowest BCUT2D eigenvalue weighted by Crippen LogP contribution is -2.20. The van der Waals surface area contributed by atoms with Gasteiger partial charge in [-0.1, -0.05) is 6.07 Å². The number of aliphatic hydroxyl groups excluding tert-OH is 1. The third kappa shape index (κ3) is 2.80. The molecule has 1 aliphatic rings. The van der Waals surface area contributed by atoms with Crippen molar-refractivity contribution in [2.24, 2.45) is 5.92 Å². The largest absolute Gasteiger partial charge is 0.393 e. The first kappa shape index (κ1) is 10.1. The molecule has 1 saturated carbocycles. The van der Waals surface area contributed by atoms with Crippen molar-refractivity contribution in [1.82, 2.24) is 5.32 Å². The average Bonchev–Trinajstić information content (AvgIpc) is 2.77. The topological polar surface area (TPSA) is 32.3 Å².